The van der Waals surface area contributed by atoms with E-state index in [4.69, 9.17) is 9.22 Å². The van der Waals surface area contributed by atoms with Crippen molar-refractivity contribution in [2.45, 2.75) is 25.5 Å². The number of benzene rings is 1. The molecule has 1 unspecified atom stereocenters. The zero-order valence-electron chi connectivity index (χ0n) is 13.7. The quantitative estimate of drug-likeness (QED) is 0.831. The molecule has 1 atom stereocenters. The Morgan fingerprint density at radius 1 is 1.30 bits per heavy atom. The molecule has 1 heterocycles. The summed E-state index contributed by atoms with van der Waals surface area (Å²) in [7, 11) is 0. The summed E-state index contributed by atoms with van der Waals surface area (Å²) in [6.07, 6.45) is -13.0. The fourth-order valence-electron chi connectivity index (χ4n) is 1.90. The first-order valence-corrected chi connectivity index (χ1v) is 5.72. The van der Waals surface area contributed by atoms with E-state index in [0.717, 1.165) is 0 Å². The Labute approximate surface area is 129 Å². The SMILES string of the molecule is [2H]C([2H])([2H])c1cc(OC(F)(F)F)cc2c1OC(C(F)(F)F)C(C(=O)O)=C2. The highest BCUT2D eigenvalue weighted by molar-refractivity contribution is 5.95. The van der Waals surface area contributed by atoms with Gasteiger partial charge in [-0.2, -0.15) is 13.2 Å². The molecule has 23 heavy (non-hydrogen) atoms. The number of aryl methyl sites for hydroxylation is 1. The predicted molar refractivity (Wildman–Crippen MR) is 63.9 cm³/mol. The fourth-order valence-corrected chi connectivity index (χ4v) is 1.90. The second kappa shape index (κ2) is 5.36. The van der Waals surface area contributed by atoms with E-state index in [1.807, 2.05) is 0 Å². The van der Waals surface area contributed by atoms with Gasteiger partial charge in [0.1, 0.15) is 11.5 Å². The van der Waals surface area contributed by atoms with Gasteiger partial charge >= 0.3 is 18.5 Å². The number of aliphatic carboxylic acids is 1. The predicted octanol–water partition coefficient (Wildman–Crippen LogP) is 3.68. The van der Waals surface area contributed by atoms with Crippen molar-refractivity contribution >= 4 is 12.0 Å². The molecule has 1 aromatic rings. The maximum atomic E-state index is 13.0. The highest BCUT2D eigenvalue weighted by Crippen LogP contribution is 2.41. The number of carboxylic acid groups (broad SMARTS) is 1. The van der Waals surface area contributed by atoms with Gasteiger partial charge in [-0.1, -0.05) is 0 Å². The first-order chi connectivity index (χ1) is 11.6. The largest absolute Gasteiger partial charge is 0.573 e. The number of hydrogen-bond donors (Lipinski definition) is 1. The number of carboxylic acids is 1. The summed E-state index contributed by atoms with van der Waals surface area (Å²) in [6.45, 7) is -3.15. The molecule has 1 aliphatic rings. The van der Waals surface area contributed by atoms with E-state index in [1.165, 1.54) is 0 Å². The minimum absolute atomic E-state index is 0.367. The number of halogens is 6. The van der Waals surface area contributed by atoms with Gasteiger partial charge in [0.05, 0.1) is 5.57 Å². The van der Waals surface area contributed by atoms with Gasteiger partial charge in [0, 0.05) is 9.68 Å². The standard InChI is InChI=1S/C13H8F6O4/c1-5-2-7(23-13(17,18)19)3-6-4-8(11(20)21)10(12(14,15)16)22-9(5)6/h2-4,10H,1H3,(H,20,21)/i1D3. The van der Waals surface area contributed by atoms with Crippen molar-refractivity contribution in [2.24, 2.45) is 0 Å². The molecular formula is C13H8F6O4. The van der Waals surface area contributed by atoms with Crippen LogP contribution in [0, 0.1) is 6.85 Å². The van der Waals surface area contributed by atoms with Crippen LogP contribution in [0.1, 0.15) is 15.2 Å². The van der Waals surface area contributed by atoms with E-state index in [1.54, 1.807) is 0 Å². The Morgan fingerprint density at radius 3 is 2.43 bits per heavy atom. The molecule has 4 nitrogen and oxygen atoms in total. The third-order valence-electron chi connectivity index (χ3n) is 2.70. The van der Waals surface area contributed by atoms with Gasteiger partial charge in [-0.05, 0) is 30.6 Å². The van der Waals surface area contributed by atoms with Crippen LogP contribution in [0.25, 0.3) is 6.08 Å². The number of carbonyl (C=O) groups is 1. The maximum absolute atomic E-state index is 13.0. The van der Waals surface area contributed by atoms with Crippen LogP contribution in [0.3, 0.4) is 0 Å². The second-order valence-corrected chi connectivity index (χ2v) is 4.38. The molecular weight excluding hydrogens is 334 g/mol. The van der Waals surface area contributed by atoms with E-state index >= 15 is 0 Å². The van der Waals surface area contributed by atoms with E-state index in [2.05, 4.69) is 9.47 Å². The summed E-state index contributed by atoms with van der Waals surface area (Å²) >= 11 is 0. The summed E-state index contributed by atoms with van der Waals surface area (Å²) in [5.74, 6) is -3.97. The summed E-state index contributed by atoms with van der Waals surface area (Å²) in [5.41, 5.74) is -2.90. The lowest BCUT2D eigenvalue weighted by Crippen LogP contribution is -2.40. The molecule has 0 aromatic heterocycles. The third kappa shape index (κ3) is 3.69. The number of alkyl halides is 6. The summed E-state index contributed by atoms with van der Waals surface area (Å²) in [4.78, 5) is 11.0. The highest BCUT2D eigenvalue weighted by atomic mass is 19.4. The van der Waals surface area contributed by atoms with Crippen LogP contribution in [0.15, 0.2) is 17.7 Å². The van der Waals surface area contributed by atoms with Gasteiger partial charge in [0.15, 0.2) is 0 Å². The van der Waals surface area contributed by atoms with Crippen LogP contribution in [0.5, 0.6) is 11.5 Å². The van der Waals surface area contributed by atoms with Crippen LogP contribution in [0.4, 0.5) is 26.3 Å². The van der Waals surface area contributed by atoms with Gasteiger partial charge in [-0.15, -0.1) is 13.2 Å². The molecule has 10 heteroatoms. The van der Waals surface area contributed by atoms with Crippen molar-refractivity contribution in [1.29, 1.82) is 0 Å². The van der Waals surface area contributed by atoms with E-state index < -0.39 is 59.7 Å². The lowest BCUT2D eigenvalue weighted by atomic mass is 9.99. The molecule has 1 aromatic carbocycles. The van der Waals surface area contributed by atoms with Crippen molar-refractivity contribution in [2.75, 3.05) is 0 Å². The lowest BCUT2D eigenvalue weighted by Gasteiger charge is -2.28. The Morgan fingerprint density at radius 2 is 1.96 bits per heavy atom. The molecule has 1 N–H and O–H groups in total. The highest BCUT2D eigenvalue weighted by Gasteiger charge is 2.48. The minimum atomic E-state index is -5.20. The molecule has 0 radical (unpaired) electrons. The zero-order chi connectivity index (χ0) is 20.1. The minimum Gasteiger partial charge on any atom is -0.478 e. The Hall–Kier alpha value is -2.39. The molecule has 0 aliphatic carbocycles. The summed E-state index contributed by atoms with van der Waals surface area (Å²) < 4.78 is 106. The van der Waals surface area contributed by atoms with Crippen molar-refractivity contribution in [3.8, 4) is 11.5 Å². The number of hydrogen-bond acceptors (Lipinski definition) is 3. The molecule has 0 fully saturated rings. The van der Waals surface area contributed by atoms with Crippen molar-refractivity contribution in [3.63, 3.8) is 0 Å². The van der Waals surface area contributed by atoms with Crippen molar-refractivity contribution < 1.29 is 49.8 Å². The number of rotatable bonds is 2. The molecule has 0 amide bonds. The van der Waals surface area contributed by atoms with Gasteiger partial charge < -0.3 is 14.6 Å². The first kappa shape index (κ1) is 13.1. The lowest BCUT2D eigenvalue weighted by molar-refractivity contribution is -0.274. The molecule has 0 saturated heterocycles. The van der Waals surface area contributed by atoms with E-state index in [9.17, 15) is 31.1 Å². The van der Waals surface area contributed by atoms with Crippen LogP contribution in [-0.2, 0) is 4.79 Å². The first-order valence-electron chi connectivity index (χ1n) is 7.22. The summed E-state index contributed by atoms with van der Waals surface area (Å²) in [6, 6.07) is 0.903. The molecule has 0 saturated carbocycles. The van der Waals surface area contributed by atoms with Crippen molar-refractivity contribution in [1.82, 2.24) is 0 Å². The topological polar surface area (TPSA) is 55.8 Å². The average molecular weight is 345 g/mol. The molecule has 2 rings (SSSR count). The van der Waals surface area contributed by atoms with Gasteiger partial charge in [0.25, 0.3) is 0 Å². The number of ether oxygens (including phenoxy) is 2. The Balaban J connectivity index is 2.71. The van der Waals surface area contributed by atoms with Crippen molar-refractivity contribution in [3.05, 3.63) is 28.8 Å². The second-order valence-electron chi connectivity index (χ2n) is 4.38. The summed E-state index contributed by atoms with van der Waals surface area (Å²) in [5, 5.41) is 8.91. The smallest absolute Gasteiger partial charge is 0.478 e. The van der Waals surface area contributed by atoms with Crippen LogP contribution < -0.4 is 9.47 Å². The van der Waals surface area contributed by atoms with E-state index in [0.29, 0.717) is 18.2 Å². The maximum Gasteiger partial charge on any atom is 0.573 e. The molecule has 0 spiro atoms. The molecule has 126 valence electrons. The molecule has 1 aliphatic heterocycles. The van der Waals surface area contributed by atoms with Gasteiger partial charge in [-0.3, -0.25) is 0 Å². The Bertz CT molecular complexity index is 767. The average Bonchev–Trinajstić information content (AvgIpc) is 2.41. The Kier molecular flexibility index (Phi) is 3.05. The third-order valence-corrected chi connectivity index (χ3v) is 2.70. The van der Waals surface area contributed by atoms with Crippen LogP contribution in [-0.4, -0.2) is 29.7 Å². The van der Waals surface area contributed by atoms with E-state index in [-0.39, 0.29) is 0 Å². The number of fused-ring (bicyclic) bond motifs is 1. The van der Waals surface area contributed by atoms with Gasteiger partial charge in [0.2, 0.25) is 6.10 Å². The normalized spacial score (nSPS) is 20.3. The van der Waals surface area contributed by atoms with Crippen LogP contribution >= 0.6 is 0 Å². The van der Waals surface area contributed by atoms with Crippen LogP contribution in [0.2, 0.25) is 0 Å². The fraction of sp³-hybridized carbons (Fsp3) is 0.308. The monoisotopic (exact) mass is 345 g/mol. The zero-order valence-corrected chi connectivity index (χ0v) is 10.7. The van der Waals surface area contributed by atoms with Gasteiger partial charge in [-0.25, -0.2) is 4.79 Å². The molecule has 0 bridgehead atoms.